The molecule has 7 nitrogen and oxygen atoms in total. The first-order valence-electron chi connectivity index (χ1n) is 6.83. The highest BCUT2D eigenvalue weighted by Gasteiger charge is 2.26. The van der Waals surface area contributed by atoms with Gasteiger partial charge in [0.15, 0.2) is 0 Å². The summed E-state index contributed by atoms with van der Waals surface area (Å²) in [6, 6.07) is 4.69. The third-order valence-corrected chi connectivity index (χ3v) is 4.43. The number of anilines is 1. The number of benzene rings is 1. The normalized spacial score (nSPS) is 11.3. The smallest absolute Gasteiger partial charge is 0.337 e. The number of nitrogens with two attached hydrogens (primary N) is 1. The van der Waals surface area contributed by atoms with Crippen LogP contribution in [0.4, 0.5) is 5.69 Å². The number of nitrogens with one attached hydrogen (secondary N) is 2. The Hall–Kier alpha value is -2.22. The molecule has 0 atom stereocenters. The van der Waals surface area contributed by atoms with Gasteiger partial charge in [0.05, 0.1) is 18.5 Å². The molecule has 5 N–H and O–H groups in total. The molecule has 0 bridgehead atoms. The maximum Gasteiger partial charge on any atom is 0.337 e. The minimum absolute atomic E-state index is 0.0195. The fraction of sp³-hybridized carbons (Fsp3) is 0.133. The van der Waals surface area contributed by atoms with Crippen LogP contribution in [0.3, 0.4) is 0 Å². The monoisotopic (exact) mass is 403 g/mol. The van der Waals surface area contributed by atoms with Crippen LogP contribution in [0.15, 0.2) is 23.3 Å². The molecule has 132 valence electrons. The number of hydrogen-bond acceptors (Lipinski definition) is 5. The van der Waals surface area contributed by atoms with Crippen molar-refractivity contribution in [1.29, 1.82) is 0 Å². The molecule has 0 saturated carbocycles. The second kappa shape index (κ2) is 7.77. The van der Waals surface area contributed by atoms with E-state index < -0.39 is 5.91 Å². The average molecular weight is 405 g/mol. The number of rotatable bonds is 4. The number of carbonyl (C=O) groups is 1. The van der Waals surface area contributed by atoms with Crippen molar-refractivity contribution >= 4 is 52.1 Å². The van der Waals surface area contributed by atoms with Crippen LogP contribution in [0.1, 0.15) is 23.0 Å². The fourth-order valence-corrected chi connectivity index (χ4v) is 2.53. The first kappa shape index (κ1) is 19.1. The SMILES string of the molecule is COc1ccc(/C(C)=N/NC(=O)c2[nH+]c(Cl)c(Cl)c(N)c2Cl)c(O)c1. The number of hydrazone groups is 1. The van der Waals surface area contributed by atoms with E-state index in [1.54, 1.807) is 19.1 Å². The van der Waals surface area contributed by atoms with Crippen molar-refractivity contribution in [2.24, 2.45) is 5.10 Å². The molecule has 0 spiro atoms. The number of ether oxygens (including phenoxy) is 1. The maximum atomic E-state index is 12.2. The van der Waals surface area contributed by atoms with Crippen molar-refractivity contribution in [3.8, 4) is 11.5 Å². The predicted molar refractivity (Wildman–Crippen MR) is 96.8 cm³/mol. The van der Waals surface area contributed by atoms with Crippen molar-refractivity contribution < 1.29 is 19.6 Å². The number of pyridine rings is 1. The van der Waals surface area contributed by atoms with Gasteiger partial charge in [-0.25, -0.2) is 5.43 Å². The fourth-order valence-electron chi connectivity index (χ4n) is 1.92. The van der Waals surface area contributed by atoms with Crippen molar-refractivity contribution in [1.82, 2.24) is 5.43 Å². The Morgan fingerprint density at radius 2 is 2.00 bits per heavy atom. The lowest BCUT2D eigenvalue weighted by Crippen LogP contribution is -2.29. The van der Waals surface area contributed by atoms with E-state index in [-0.39, 0.29) is 32.3 Å². The lowest BCUT2D eigenvalue weighted by molar-refractivity contribution is -0.379. The van der Waals surface area contributed by atoms with Crippen molar-refractivity contribution in [2.45, 2.75) is 6.92 Å². The molecule has 2 rings (SSSR count). The summed E-state index contributed by atoms with van der Waals surface area (Å²) in [5, 5.41) is 13.8. The molecule has 0 aliphatic rings. The predicted octanol–water partition coefficient (Wildman–Crippen LogP) is 2.91. The third kappa shape index (κ3) is 4.07. The number of nitrogen functional groups attached to an aromatic ring is 1. The van der Waals surface area contributed by atoms with Crippen LogP contribution in [0.5, 0.6) is 11.5 Å². The Morgan fingerprint density at radius 3 is 2.60 bits per heavy atom. The number of H-pyrrole nitrogens is 1. The van der Waals surface area contributed by atoms with Gasteiger partial charge in [0.1, 0.15) is 21.5 Å². The van der Waals surface area contributed by atoms with Gasteiger partial charge in [0.25, 0.3) is 10.8 Å². The summed E-state index contributed by atoms with van der Waals surface area (Å²) in [5.74, 6) is -0.230. The van der Waals surface area contributed by atoms with Gasteiger partial charge in [0.2, 0.25) is 0 Å². The van der Waals surface area contributed by atoms with Gasteiger partial charge in [-0.2, -0.15) is 10.1 Å². The molecule has 1 aromatic carbocycles. The number of amides is 1. The molecular weight excluding hydrogens is 391 g/mol. The lowest BCUT2D eigenvalue weighted by atomic mass is 10.1. The minimum Gasteiger partial charge on any atom is -0.507 e. The molecule has 0 aliphatic carbocycles. The number of hydrogen-bond donors (Lipinski definition) is 3. The van der Waals surface area contributed by atoms with E-state index in [4.69, 9.17) is 45.3 Å². The second-order valence-corrected chi connectivity index (χ2v) is 6.01. The van der Waals surface area contributed by atoms with Gasteiger partial charge in [0, 0.05) is 11.6 Å². The molecule has 1 aromatic heterocycles. The average Bonchev–Trinajstić information content (AvgIpc) is 2.60. The summed E-state index contributed by atoms with van der Waals surface area (Å²) < 4.78 is 5.01. The lowest BCUT2D eigenvalue weighted by Gasteiger charge is -2.07. The highest BCUT2D eigenvalue weighted by Crippen LogP contribution is 2.32. The second-order valence-electron chi connectivity index (χ2n) is 4.88. The van der Waals surface area contributed by atoms with E-state index in [1.165, 1.54) is 13.2 Å². The van der Waals surface area contributed by atoms with Crippen molar-refractivity contribution in [3.63, 3.8) is 0 Å². The molecule has 25 heavy (non-hydrogen) atoms. The van der Waals surface area contributed by atoms with E-state index >= 15 is 0 Å². The molecule has 0 unspecified atom stereocenters. The van der Waals surface area contributed by atoms with E-state index in [9.17, 15) is 9.90 Å². The van der Waals surface area contributed by atoms with Crippen LogP contribution in [0.25, 0.3) is 0 Å². The number of carbonyl (C=O) groups excluding carboxylic acids is 1. The van der Waals surface area contributed by atoms with Gasteiger partial charge >= 0.3 is 5.91 Å². The molecule has 10 heteroatoms. The summed E-state index contributed by atoms with van der Waals surface area (Å²) >= 11 is 17.7. The molecule has 0 radical (unpaired) electrons. The molecular formula is C15H14Cl3N4O3+. The largest absolute Gasteiger partial charge is 0.507 e. The number of aromatic amines is 1. The topological polar surface area (TPSA) is 111 Å². The number of phenolic OH excluding ortho intramolecular Hbond substituents is 1. The maximum absolute atomic E-state index is 12.2. The van der Waals surface area contributed by atoms with Crippen LogP contribution in [-0.4, -0.2) is 23.8 Å². The first-order chi connectivity index (χ1) is 11.8. The zero-order chi connectivity index (χ0) is 18.7. The molecule has 0 aliphatic heterocycles. The summed E-state index contributed by atoms with van der Waals surface area (Å²) in [6.45, 7) is 1.61. The number of nitrogens with zero attached hydrogens (tertiary/aromatic N) is 1. The van der Waals surface area contributed by atoms with E-state index in [1.807, 2.05) is 0 Å². The Morgan fingerprint density at radius 1 is 1.32 bits per heavy atom. The van der Waals surface area contributed by atoms with Crippen LogP contribution < -0.4 is 20.9 Å². The van der Waals surface area contributed by atoms with Gasteiger partial charge < -0.3 is 15.6 Å². The minimum atomic E-state index is -0.678. The van der Waals surface area contributed by atoms with E-state index in [0.29, 0.717) is 17.0 Å². The Labute approximate surface area is 158 Å². The molecule has 1 amide bonds. The quantitative estimate of drug-likeness (QED) is 0.413. The highest BCUT2D eigenvalue weighted by atomic mass is 35.5. The molecule has 2 aromatic rings. The van der Waals surface area contributed by atoms with E-state index in [0.717, 1.165) is 0 Å². The highest BCUT2D eigenvalue weighted by molar-refractivity contribution is 6.45. The first-order valence-corrected chi connectivity index (χ1v) is 7.96. The van der Waals surface area contributed by atoms with Crippen molar-refractivity contribution in [2.75, 3.05) is 12.8 Å². The Balaban J connectivity index is 2.26. The Kier molecular flexibility index (Phi) is 5.94. The van der Waals surface area contributed by atoms with Crippen LogP contribution >= 0.6 is 34.8 Å². The van der Waals surface area contributed by atoms with Gasteiger partial charge in [-0.15, -0.1) is 0 Å². The number of phenols is 1. The van der Waals surface area contributed by atoms with Gasteiger partial charge in [-0.1, -0.05) is 23.2 Å². The summed E-state index contributed by atoms with van der Waals surface area (Å²) in [4.78, 5) is 14.8. The van der Waals surface area contributed by atoms with E-state index in [2.05, 4.69) is 15.5 Å². The zero-order valence-electron chi connectivity index (χ0n) is 13.2. The molecule has 1 heterocycles. The molecule has 0 saturated heterocycles. The number of methoxy groups -OCH3 is 1. The standard InChI is InChI=1S/C15H13Cl3N4O3/c1-6(8-4-3-7(25-2)5-9(8)23)21-22-15(24)13-10(16)12(19)11(17)14(18)20-13/h3-5,23H,1-2H3,(H2,19,20)(H,22,24)/p+1/b21-6+. The summed E-state index contributed by atoms with van der Waals surface area (Å²) in [7, 11) is 1.48. The summed E-state index contributed by atoms with van der Waals surface area (Å²) in [6.07, 6.45) is 0. The molecule has 0 fully saturated rings. The van der Waals surface area contributed by atoms with Gasteiger partial charge in [-0.3, -0.25) is 4.79 Å². The van der Waals surface area contributed by atoms with Crippen molar-refractivity contribution in [3.05, 3.63) is 44.7 Å². The van der Waals surface area contributed by atoms with Crippen LogP contribution in [0.2, 0.25) is 15.2 Å². The van der Waals surface area contributed by atoms with Crippen LogP contribution in [0, 0.1) is 0 Å². The Bertz CT molecular complexity index is 872. The number of halogens is 3. The number of aromatic hydroxyl groups is 1. The third-order valence-electron chi connectivity index (χ3n) is 3.27. The number of aromatic nitrogens is 1. The zero-order valence-corrected chi connectivity index (χ0v) is 15.4. The summed E-state index contributed by atoms with van der Waals surface area (Å²) in [5.41, 5.74) is 8.65. The van der Waals surface area contributed by atoms with Gasteiger partial charge in [-0.05, 0) is 30.7 Å². The van der Waals surface area contributed by atoms with Crippen LogP contribution in [-0.2, 0) is 0 Å².